The topological polar surface area (TPSA) is 60.9 Å². The molecule has 1 aromatic rings. The van der Waals surface area contributed by atoms with Gasteiger partial charge in [-0.25, -0.2) is 4.98 Å². The first-order valence-corrected chi connectivity index (χ1v) is 11.4. The van der Waals surface area contributed by atoms with Crippen LogP contribution in [0.25, 0.3) is 0 Å². The molecule has 3 rings (SSSR count). The molecule has 0 radical (unpaired) electrons. The summed E-state index contributed by atoms with van der Waals surface area (Å²) in [7, 11) is 0. The second-order valence-corrected chi connectivity index (χ2v) is 8.74. The fraction of sp³-hybridized carbons (Fsp3) is 0.727. The van der Waals surface area contributed by atoms with E-state index in [1.54, 1.807) is 0 Å². The quantitative estimate of drug-likeness (QED) is 0.634. The van der Waals surface area contributed by atoms with E-state index in [4.69, 9.17) is 4.74 Å². The zero-order valence-electron chi connectivity index (χ0n) is 18.9. The lowest BCUT2D eigenvalue weighted by atomic mass is 10.2. The third-order valence-electron chi connectivity index (χ3n) is 5.82. The van der Waals surface area contributed by atoms with E-state index < -0.39 is 11.7 Å². The Morgan fingerprint density at radius 3 is 2.53 bits per heavy atom. The lowest BCUT2D eigenvalue weighted by Crippen LogP contribution is -2.46. The highest BCUT2D eigenvalue weighted by Gasteiger charge is 2.31. The molecular formula is C22H34F3N5O2. The van der Waals surface area contributed by atoms with Gasteiger partial charge in [0.15, 0.2) is 0 Å². The van der Waals surface area contributed by atoms with Crippen LogP contribution in [0.2, 0.25) is 0 Å². The Hall–Kier alpha value is -1.91. The van der Waals surface area contributed by atoms with Crippen molar-refractivity contribution in [2.45, 2.75) is 45.1 Å². The molecule has 2 aliphatic rings. The number of halogens is 3. The van der Waals surface area contributed by atoms with E-state index in [1.165, 1.54) is 6.07 Å². The van der Waals surface area contributed by atoms with E-state index in [1.807, 2.05) is 4.90 Å². The highest BCUT2D eigenvalue weighted by Crippen LogP contribution is 2.29. The van der Waals surface area contributed by atoms with Crippen molar-refractivity contribution < 1.29 is 22.7 Å². The van der Waals surface area contributed by atoms with Gasteiger partial charge in [-0.3, -0.25) is 14.6 Å². The lowest BCUT2D eigenvalue weighted by molar-refractivity contribution is -0.137. The number of anilines is 1. The summed E-state index contributed by atoms with van der Waals surface area (Å²) in [5.41, 5.74) is -0.744. The van der Waals surface area contributed by atoms with Crippen LogP contribution in [0.5, 0.6) is 0 Å². The predicted octanol–water partition coefficient (Wildman–Crippen LogP) is 2.23. The third-order valence-corrected chi connectivity index (χ3v) is 5.82. The van der Waals surface area contributed by atoms with Crippen LogP contribution in [0.1, 0.15) is 32.3 Å². The summed E-state index contributed by atoms with van der Waals surface area (Å²) in [6.07, 6.45) is -1.29. The summed E-state index contributed by atoms with van der Waals surface area (Å²) < 4.78 is 43.9. The minimum absolute atomic E-state index is 0.00909. The molecule has 2 aliphatic heterocycles. The van der Waals surface area contributed by atoms with E-state index in [9.17, 15) is 18.0 Å². The number of pyridine rings is 1. The van der Waals surface area contributed by atoms with Crippen molar-refractivity contribution in [3.8, 4) is 0 Å². The number of hydrogen-bond acceptors (Lipinski definition) is 6. The molecule has 32 heavy (non-hydrogen) atoms. The van der Waals surface area contributed by atoms with E-state index in [2.05, 4.69) is 33.9 Å². The van der Waals surface area contributed by atoms with Gasteiger partial charge in [0.25, 0.3) is 0 Å². The molecule has 10 heteroatoms. The maximum atomic E-state index is 12.7. The monoisotopic (exact) mass is 457 g/mol. The number of hydrogen-bond donors (Lipinski definition) is 1. The van der Waals surface area contributed by atoms with Gasteiger partial charge < -0.3 is 15.0 Å². The number of alkyl halides is 3. The zero-order chi connectivity index (χ0) is 23.1. The Labute approximate surface area is 187 Å². The lowest BCUT2D eigenvalue weighted by Gasteiger charge is -2.35. The number of nitrogens with one attached hydrogen (secondary N) is 1. The van der Waals surface area contributed by atoms with Crippen LogP contribution in [0.4, 0.5) is 19.0 Å². The van der Waals surface area contributed by atoms with Crippen LogP contribution < -0.4 is 10.2 Å². The Bertz CT molecular complexity index is 721. The minimum atomic E-state index is -4.38. The molecule has 2 saturated heterocycles. The van der Waals surface area contributed by atoms with Gasteiger partial charge in [0.2, 0.25) is 5.91 Å². The summed E-state index contributed by atoms with van der Waals surface area (Å²) in [5, 5.41) is 3.00. The highest BCUT2D eigenvalue weighted by atomic mass is 19.4. The van der Waals surface area contributed by atoms with Crippen molar-refractivity contribution in [3.63, 3.8) is 0 Å². The Morgan fingerprint density at radius 1 is 1.12 bits per heavy atom. The van der Waals surface area contributed by atoms with Gasteiger partial charge in [0.1, 0.15) is 5.82 Å². The molecule has 0 aromatic carbocycles. The van der Waals surface area contributed by atoms with Crippen molar-refractivity contribution in [1.82, 2.24) is 20.1 Å². The Balaban J connectivity index is 1.36. The van der Waals surface area contributed by atoms with Crippen LogP contribution in [0.15, 0.2) is 18.3 Å². The summed E-state index contributed by atoms with van der Waals surface area (Å²) >= 11 is 0. The first-order chi connectivity index (χ1) is 15.2. The van der Waals surface area contributed by atoms with Crippen LogP contribution in [-0.2, 0) is 15.7 Å². The molecule has 7 nitrogen and oxygen atoms in total. The van der Waals surface area contributed by atoms with Crippen LogP contribution >= 0.6 is 0 Å². The van der Waals surface area contributed by atoms with Gasteiger partial charge in [0.05, 0.1) is 24.3 Å². The number of nitrogens with zero attached hydrogens (tertiary/aromatic N) is 4. The number of ether oxygens (including phenoxy) is 1. The van der Waals surface area contributed by atoms with Crippen molar-refractivity contribution in [1.29, 1.82) is 0 Å². The number of morpholine rings is 1. The number of carbonyl (C=O) groups is 1. The number of carbonyl (C=O) groups excluding carboxylic acids is 1. The summed E-state index contributed by atoms with van der Waals surface area (Å²) in [6.45, 7) is 10.7. The molecule has 0 aliphatic carbocycles. The molecule has 0 spiro atoms. The smallest absolute Gasteiger partial charge is 0.373 e. The standard InChI is InChI=1S/C22H34F3N5O2/c1-17-14-29(15-18(2)32-17)8-3-7-26-21(31)16-28-9-4-10-30(12-11-28)20-6-5-19(13-27-20)22(23,24)25/h5-6,13,17-18H,3-4,7-12,14-16H2,1-2H3,(H,26,31). The molecule has 0 bridgehead atoms. The van der Waals surface area contributed by atoms with Crippen molar-refractivity contribution in [2.75, 3.05) is 63.8 Å². The Kier molecular flexibility index (Phi) is 8.72. The molecule has 1 amide bonds. The maximum Gasteiger partial charge on any atom is 0.417 e. The van der Waals surface area contributed by atoms with Gasteiger partial charge >= 0.3 is 6.18 Å². The normalized spacial score (nSPS) is 23.7. The number of aromatic nitrogens is 1. The molecule has 0 saturated carbocycles. The first-order valence-electron chi connectivity index (χ1n) is 11.4. The van der Waals surface area contributed by atoms with E-state index >= 15 is 0 Å². The number of rotatable bonds is 7. The average Bonchev–Trinajstić information content (AvgIpc) is 2.95. The van der Waals surface area contributed by atoms with Crippen LogP contribution in [0.3, 0.4) is 0 Å². The largest absolute Gasteiger partial charge is 0.417 e. The summed E-state index contributed by atoms with van der Waals surface area (Å²) in [6, 6.07) is 2.48. The van der Waals surface area contributed by atoms with Crippen LogP contribution in [-0.4, -0.2) is 91.8 Å². The second-order valence-electron chi connectivity index (χ2n) is 8.74. The van der Waals surface area contributed by atoms with E-state index in [0.29, 0.717) is 38.5 Å². The van der Waals surface area contributed by atoms with Gasteiger partial charge in [-0.2, -0.15) is 13.2 Å². The SMILES string of the molecule is CC1CN(CCCNC(=O)CN2CCCN(c3ccc(C(F)(F)F)cn3)CC2)CC(C)O1. The molecular weight excluding hydrogens is 423 g/mol. The minimum Gasteiger partial charge on any atom is -0.373 e. The third kappa shape index (κ3) is 7.60. The van der Waals surface area contributed by atoms with E-state index in [0.717, 1.165) is 51.3 Å². The predicted molar refractivity (Wildman–Crippen MR) is 117 cm³/mol. The number of amides is 1. The Morgan fingerprint density at radius 2 is 1.88 bits per heavy atom. The van der Waals surface area contributed by atoms with E-state index in [-0.39, 0.29) is 18.1 Å². The molecule has 2 atom stereocenters. The maximum absolute atomic E-state index is 12.7. The van der Waals surface area contributed by atoms with Gasteiger partial charge in [-0.05, 0) is 38.8 Å². The summed E-state index contributed by atoms with van der Waals surface area (Å²) in [5.74, 6) is 0.547. The van der Waals surface area contributed by atoms with Gasteiger partial charge in [-0.15, -0.1) is 0 Å². The van der Waals surface area contributed by atoms with Crippen LogP contribution in [0, 0.1) is 0 Å². The molecule has 2 unspecified atom stereocenters. The van der Waals surface area contributed by atoms with Gasteiger partial charge in [0, 0.05) is 58.6 Å². The fourth-order valence-electron chi connectivity index (χ4n) is 4.36. The zero-order valence-corrected chi connectivity index (χ0v) is 18.9. The molecule has 1 N–H and O–H groups in total. The van der Waals surface area contributed by atoms with Gasteiger partial charge in [-0.1, -0.05) is 0 Å². The van der Waals surface area contributed by atoms with Crippen molar-refractivity contribution in [3.05, 3.63) is 23.9 Å². The summed E-state index contributed by atoms with van der Waals surface area (Å²) in [4.78, 5) is 22.8. The molecule has 1 aromatic heterocycles. The van der Waals surface area contributed by atoms with Crippen molar-refractivity contribution >= 4 is 11.7 Å². The molecule has 2 fully saturated rings. The fourth-order valence-corrected chi connectivity index (χ4v) is 4.36. The van der Waals surface area contributed by atoms with Crippen molar-refractivity contribution in [2.24, 2.45) is 0 Å². The molecule has 3 heterocycles. The molecule has 180 valence electrons. The highest BCUT2D eigenvalue weighted by molar-refractivity contribution is 5.78. The first kappa shape index (κ1) is 24.7. The average molecular weight is 458 g/mol. The second kappa shape index (κ2) is 11.3.